The van der Waals surface area contributed by atoms with Crippen LogP contribution in [0.5, 0.6) is 0 Å². The molecule has 492 valence electrons. The minimum absolute atomic E-state index is 0.0263. The smallest absolute Gasteiger partial charge is 0.246 e. The van der Waals surface area contributed by atoms with Gasteiger partial charge in [-0.05, 0) is 107 Å². The van der Waals surface area contributed by atoms with Crippen LogP contribution in [0.15, 0.2) is 0 Å². The summed E-state index contributed by atoms with van der Waals surface area (Å²) in [7, 11) is 8.81. The molecule has 0 aromatic carbocycles. The standard InChI is InChI=1S/C61H115N11O12S/c1-20-28-45(55(78)67-50(40(9)10)61(84)70(17)47(34-38(5)6)56(79)64-42(12)53(76)65-43(13)58(81)69(16)46(33-37(3)4)54(77)63-14)68(15)60(83)48(36-85-32-27-26-31-73)71(18)59(82)44(21-2)66-57(80)51(72(19)49(74)35-39(7)8)52(75)41(11)29-24-22-23-25-30-62/h37-48,50-52,73,75H,20-36,62H2,1-19H3,(H,63,77)(H,64,79)(H,65,76)(H,66,80)(H,67,78)/t41-,42-,43?,44+,45+,46+,47+,48-,50+,51?,52-/m1/s1. The van der Waals surface area contributed by atoms with E-state index in [0.717, 1.165) is 25.7 Å². The van der Waals surface area contributed by atoms with Gasteiger partial charge in [-0.15, -0.1) is 0 Å². The normalized spacial score (nSPS) is 15.5. The van der Waals surface area contributed by atoms with Crippen LogP contribution < -0.4 is 32.3 Å². The molecule has 0 spiro atoms. The van der Waals surface area contributed by atoms with Crippen LogP contribution in [-0.4, -0.2) is 221 Å². The SMILES string of the molecule is CCC[C@@H](C(=O)N[C@H](C(=O)N(C)[C@@H](CC(C)C)C(=O)N[C@H](C)C(=O)NC(C)C(=O)N(C)[C@@H](CC(C)C)C(=O)NC)C(C)C)N(C)C(=O)[C@@H](CSCCCCO)N(C)C(=O)[C@H](CC)NC(=O)C([C@H](O)[C@H](C)CCCCCCN)N(C)C(=O)CC(C)C. The number of carbonyl (C=O) groups is 10. The van der Waals surface area contributed by atoms with Crippen LogP contribution in [0.2, 0.25) is 0 Å². The fourth-order valence-corrected chi connectivity index (χ4v) is 11.1. The van der Waals surface area contributed by atoms with Crippen molar-refractivity contribution < 1.29 is 58.2 Å². The van der Waals surface area contributed by atoms with Crippen molar-refractivity contribution in [2.45, 2.75) is 234 Å². The van der Waals surface area contributed by atoms with E-state index in [1.54, 1.807) is 20.8 Å². The van der Waals surface area contributed by atoms with E-state index in [2.05, 4.69) is 26.6 Å². The summed E-state index contributed by atoms with van der Waals surface area (Å²) in [6.07, 6.45) is 5.33. The number of rotatable bonds is 42. The summed E-state index contributed by atoms with van der Waals surface area (Å²) in [4.78, 5) is 147. The Morgan fingerprint density at radius 2 is 1.04 bits per heavy atom. The molecule has 0 aliphatic rings. The largest absolute Gasteiger partial charge is 0.396 e. The van der Waals surface area contributed by atoms with E-state index in [0.29, 0.717) is 44.4 Å². The Morgan fingerprint density at radius 3 is 1.54 bits per heavy atom. The summed E-state index contributed by atoms with van der Waals surface area (Å²) in [6.45, 7) is 23.7. The third-order valence-corrected chi connectivity index (χ3v) is 16.7. The number of unbranched alkanes of at least 4 members (excludes halogenated alkanes) is 4. The molecule has 0 radical (unpaired) electrons. The topological polar surface area (TPSA) is 314 Å². The molecule has 0 aromatic rings. The lowest BCUT2D eigenvalue weighted by Crippen LogP contribution is -2.62. The number of nitrogens with two attached hydrogens (primary N) is 1. The van der Waals surface area contributed by atoms with E-state index in [4.69, 9.17) is 5.73 Å². The van der Waals surface area contributed by atoms with Crippen molar-refractivity contribution in [2.75, 3.05) is 66.9 Å². The molecule has 0 aromatic heterocycles. The molecule has 24 heteroatoms. The summed E-state index contributed by atoms with van der Waals surface area (Å²) in [5, 5.41) is 34.9. The van der Waals surface area contributed by atoms with Gasteiger partial charge in [0.2, 0.25) is 59.1 Å². The van der Waals surface area contributed by atoms with E-state index in [1.807, 2.05) is 55.4 Å². The quantitative estimate of drug-likeness (QED) is 0.0407. The number of thioether (sulfide) groups is 1. The second kappa shape index (κ2) is 41.1. The van der Waals surface area contributed by atoms with Crippen LogP contribution >= 0.6 is 11.8 Å². The van der Waals surface area contributed by atoms with E-state index in [-0.39, 0.29) is 73.5 Å². The maximum atomic E-state index is 15.0. The average molecular weight is 1230 g/mol. The first-order valence-corrected chi connectivity index (χ1v) is 32.2. The van der Waals surface area contributed by atoms with Gasteiger partial charge in [0.25, 0.3) is 0 Å². The van der Waals surface area contributed by atoms with Crippen LogP contribution in [0.1, 0.15) is 173 Å². The van der Waals surface area contributed by atoms with Gasteiger partial charge in [-0.1, -0.05) is 102 Å². The van der Waals surface area contributed by atoms with Gasteiger partial charge in [-0.3, -0.25) is 47.9 Å². The number of nitrogens with zero attached hydrogens (tertiary/aromatic N) is 5. The zero-order valence-corrected chi connectivity index (χ0v) is 56.2. The maximum Gasteiger partial charge on any atom is 0.246 e. The van der Waals surface area contributed by atoms with Gasteiger partial charge in [0, 0.05) is 61.1 Å². The van der Waals surface area contributed by atoms with E-state index in [9.17, 15) is 58.2 Å². The lowest BCUT2D eigenvalue weighted by molar-refractivity contribution is -0.150. The van der Waals surface area contributed by atoms with Gasteiger partial charge >= 0.3 is 0 Å². The molecule has 23 nitrogen and oxygen atoms in total. The van der Waals surface area contributed by atoms with Crippen molar-refractivity contribution >= 4 is 70.8 Å². The lowest BCUT2D eigenvalue weighted by Gasteiger charge is -2.38. The van der Waals surface area contributed by atoms with E-state index >= 15 is 0 Å². The Balaban J connectivity index is 6.89. The molecule has 0 saturated heterocycles. The van der Waals surface area contributed by atoms with Crippen LogP contribution in [0.3, 0.4) is 0 Å². The number of likely N-dealkylation sites (N-methyl/N-ethyl adjacent to an activating group) is 6. The number of aliphatic hydroxyl groups is 2. The number of carbonyl (C=O) groups excluding carboxylic acids is 10. The molecule has 0 fully saturated rings. The van der Waals surface area contributed by atoms with Crippen molar-refractivity contribution in [3.05, 3.63) is 0 Å². The molecule has 9 N–H and O–H groups in total. The van der Waals surface area contributed by atoms with Crippen molar-refractivity contribution in [1.29, 1.82) is 0 Å². The summed E-state index contributed by atoms with van der Waals surface area (Å²) < 4.78 is 0. The second-order valence-corrected chi connectivity index (χ2v) is 25.8. The molecular weight excluding hydrogens is 1110 g/mol. The summed E-state index contributed by atoms with van der Waals surface area (Å²) in [5.41, 5.74) is 5.67. The highest BCUT2D eigenvalue weighted by atomic mass is 32.2. The summed E-state index contributed by atoms with van der Waals surface area (Å²) in [5.74, 6) is -6.03. The molecule has 2 unspecified atom stereocenters. The maximum absolute atomic E-state index is 15.0. The average Bonchev–Trinajstić information content (AvgIpc) is 3.66. The minimum Gasteiger partial charge on any atom is -0.396 e. The first-order chi connectivity index (χ1) is 39.7. The van der Waals surface area contributed by atoms with E-state index in [1.165, 1.54) is 92.4 Å². The highest BCUT2D eigenvalue weighted by molar-refractivity contribution is 7.99. The Labute approximate surface area is 514 Å². The lowest BCUT2D eigenvalue weighted by atomic mass is 9.90. The molecule has 85 heavy (non-hydrogen) atoms. The second-order valence-electron chi connectivity index (χ2n) is 24.7. The molecule has 0 aliphatic heterocycles. The van der Waals surface area contributed by atoms with Crippen molar-refractivity contribution in [2.24, 2.45) is 35.3 Å². The zero-order chi connectivity index (χ0) is 65.6. The molecule has 0 aliphatic carbocycles. The number of aliphatic hydroxyl groups excluding tert-OH is 2. The molecule has 11 atom stereocenters. The summed E-state index contributed by atoms with van der Waals surface area (Å²) >= 11 is 1.38. The number of hydrogen-bond donors (Lipinski definition) is 8. The summed E-state index contributed by atoms with van der Waals surface area (Å²) in [6, 6.07) is -10.1. The minimum atomic E-state index is -1.33. The van der Waals surface area contributed by atoms with Crippen molar-refractivity contribution in [3.8, 4) is 0 Å². The van der Waals surface area contributed by atoms with Gasteiger partial charge in [-0.25, -0.2) is 0 Å². The first-order valence-electron chi connectivity index (χ1n) is 31.0. The first kappa shape index (κ1) is 79.9. The molecule has 0 saturated carbocycles. The third kappa shape index (κ3) is 26.8. The van der Waals surface area contributed by atoms with Gasteiger partial charge in [0.15, 0.2) is 0 Å². The third-order valence-electron chi connectivity index (χ3n) is 15.5. The molecular formula is C61H115N11O12S. The molecule has 10 amide bonds. The zero-order valence-electron chi connectivity index (χ0n) is 55.4. The van der Waals surface area contributed by atoms with Crippen molar-refractivity contribution in [3.63, 3.8) is 0 Å². The predicted octanol–water partition coefficient (Wildman–Crippen LogP) is 3.26. The Bertz CT molecular complexity index is 2100. The number of hydrogen-bond acceptors (Lipinski definition) is 14. The van der Waals surface area contributed by atoms with Gasteiger partial charge in [-0.2, -0.15) is 11.8 Å². The van der Waals surface area contributed by atoms with Crippen LogP contribution in [0, 0.1) is 29.6 Å². The van der Waals surface area contributed by atoms with Gasteiger partial charge < -0.3 is 67.0 Å². The monoisotopic (exact) mass is 1230 g/mol. The fraction of sp³-hybridized carbons (Fsp3) is 0.836. The highest BCUT2D eigenvalue weighted by Gasteiger charge is 2.42. The van der Waals surface area contributed by atoms with Crippen molar-refractivity contribution in [1.82, 2.24) is 51.1 Å². The predicted molar refractivity (Wildman–Crippen MR) is 335 cm³/mol. The number of amides is 10. The molecule has 0 bridgehead atoms. The Morgan fingerprint density at radius 1 is 0.518 bits per heavy atom. The van der Waals surface area contributed by atoms with Crippen LogP contribution in [0.4, 0.5) is 0 Å². The number of nitrogens with one attached hydrogen (secondary N) is 5. The highest BCUT2D eigenvalue weighted by Crippen LogP contribution is 2.23. The fourth-order valence-electron chi connectivity index (χ4n) is 9.98. The Kier molecular flexibility index (Phi) is 38.7. The van der Waals surface area contributed by atoms with Crippen LogP contribution in [0.25, 0.3) is 0 Å². The van der Waals surface area contributed by atoms with Gasteiger partial charge in [0.1, 0.15) is 54.4 Å². The van der Waals surface area contributed by atoms with E-state index < -0.39 is 114 Å². The van der Waals surface area contributed by atoms with Crippen LogP contribution in [-0.2, 0) is 47.9 Å². The Hall–Kier alpha value is -5.07. The molecule has 0 heterocycles. The molecule has 0 rings (SSSR count). The van der Waals surface area contributed by atoms with Gasteiger partial charge in [0.05, 0.1) is 6.10 Å².